The van der Waals surface area contributed by atoms with Crippen LogP contribution >= 0.6 is 0 Å². The molecular formula is C17H16F3NO6S. The Kier molecular flexibility index (Phi) is 6.07. The fourth-order valence-corrected chi connectivity index (χ4v) is 3.69. The molecule has 2 aromatic carbocycles. The summed E-state index contributed by atoms with van der Waals surface area (Å²) in [6, 6.07) is 5.67. The monoisotopic (exact) mass is 419 g/mol. The molecule has 0 aliphatic carbocycles. The van der Waals surface area contributed by atoms with Crippen molar-refractivity contribution in [2.24, 2.45) is 0 Å². The molecule has 0 aromatic heterocycles. The maximum Gasteiger partial charge on any atom is 0.416 e. The molecule has 0 unspecified atom stereocenters. The second-order valence-corrected chi connectivity index (χ2v) is 7.22. The van der Waals surface area contributed by atoms with Gasteiger partial charge in [-0.2, -0.15) is 13.2 Å². The maximum absolute atomic E-state index is 12.7. The number of sulfonamides is 1. The lowest BCUT2D eigenvalue weighted by Gasteiger charge is -2.16. The van der Waals surface area contributed by atoms with Gasteiger partial charge in [0.1, 0.15) is 0 Å². The highest BCUT2D eigenvalue weighted by Crippen LogP contribution is 2.34. The standard InChI is InChI=1S/C17H16F3NO6S/c1-26-13-7-10(8-16(22)23)15(9-14(13)27-2)28(24,25)21-12-5-3-11(4-6-12)17(18,19)20/h3-7,9,21H,8H2,1-2H3,(H,22,23). The van der Waals surface area contributed by atoms with Crippen molar-refractivity contribution in [1.82, 2.24) is 0 Å². The predicted molar refractivity (Wildman–Crippen MR) is 93.1 cm³/mol. The summed E-state index contributed by atoms with van der Waals surface area (Å²) in [5.74, 6) is -1.10. The molecule has 0 aliphatic rings. The van der Waals surface area contributed by atoms with Gasteiger partial charge in [0, 0.05) is 11.8 Å². The fraction of sp³-hybridized carbons (Fsp3) is 0.235. The number of rotatable bonds is 7. The van der Waals surface area contributed by atoms with Crippen molar-refractivity contribution in [2.45, 2.75) is 17.5 Å². The van der Waals surface area contributed by atoms with Crippen molar-refractivity contribution in [1.29, 1.82) is 0 Å². The zero-order valence-electron chi connectivity index (χ0n) is 14.7. The van der Waals surface area contributed by atoms with Gasteiger partial charge < -0.3 is 14.6 Å². The summed E-state index contributed by atoms with van der Waals surface area (Å²) in [7, 11) is -1.75. The summed E-state index contributed by atoms with van der Waals surface area (Å²) in [5.41, 5.74) is -1.14. The number of benzene rings is 2. The Bertz CT molecular complexity index is 972. The second kappa shape index (κ2) is 7.97. The predicted octanol–water partition coefficient (Wildman–Crippen LogP) is 3.15. The van der Waals surface area contributed by atoms with Crippen LogP contribution in [-0.4, -0.2) is 33.7 Å². The Hall–Kier alpha value is -2.95. The summed E-state index contributed by atoms with van der Waals surface area (Å²) in [6.07, 6.45) is -5.18. The Morgan fingerprint density at radius 3 is 2.07 bits per heavy atom. The first-order chi connectivity index (χ1) is 13.0. The molecule has 0 amide bonds. The van der Waals surface area contributed by atoms with E-state index in [0.717, 1.165) is 30.3 Å². The van der Waals surface area contributed by atoms with Crippen molar-refractivity contribution in [2.75, 3.05) is 18.9 Å². The molecule has 0 aliphatic heterocycles. The number of hydrogen-bond donors (Lipinski definition) is 2. The van der Waals surface area contributed by atoms with Crippen molar-refractivity contribution in [3.05, 3.63) is 47.5 Å². The van der Waals surface area contributed by atoms with Gasteiger partial charge in [0.2, 0.25) is 0 Å². The van der Waals surface area contributed by atoms with Crippen LogP contribution in [0.25, 0.3) is 0 Å². The molecule has 2 N–H and O–H groups in total. The number of alkyl halides is 3. The molecule has 152 valence electrons. The van der Waals surface area contributed by atoms with Crippen LogP contribution in [0.15, 0.2) is 41.3 Å². The third-order valence-electron chi connectivity index (χ3n) is 3.66. The average Bonchev–Trinajstić information content (AvgIpc) is 2.60. The number of halogens is 3. The van der Waals surface area contributed by atoms with Gasteiger partial charge in [-0.15, -0.1) is 0 Å². The summed E-state index contributed by atoms with van der Waals surface area (Å²) < 4.78 is 75.6. The van der Waals surface area contributed by atoms with Crippen LogP contribution in [0.2, 0.25) is 0 Å². The number of hydrogen-bond acceptors (Lipinski definition) is 5. The van der Waals surface area contributed by atoms with Crippen molar-refractivity contribution in [3.8, 4) is 11.5 Å². The third kappa shape index (κ3) is 4.85. The first kappa shape index (κ1) is 21.4. The van der Waals surface area contributed by atoms with E-state index in [1.807, 2.05) is 0 Å². The minimum atomic E-state index is -4.56. The molecule has 7 nitrogen and oxygen atoms in total. The van der Waals surface area contributed by atoms with E-state index in [-0.39, 0.29) is 22.7 Å². The maximum atomic E-state index is 12.7. The number of anilines is 1. The number of aliphatic carboxylic acids is 1. The largest absolute Gasteiger partial charge is 0.493 e. The van der Waals surface area contributed by atoms with Crippen LogP contribution in [0.3, 0.4) is 0 Å². The van der Waals surface area contributed by atoms with Crippen molar-refractivity contribution >= 4 is 21.7 Å². The van der Waals surface area contributed by atoms with E-state index in [1.54, 1.807) is 0 Å². The summed E-state index contributed by atoms with van der Waals surface area (Å²) in [4.78, 5) is 10.7. The molecular weight excluding hydrogens is 403 g/mol. The molecule has 0 fully saturated rings. The minimum Gasteiger partial charge on any atom is -0.493 e. The van der Waals surface area contributed by atoms with Gasteiger partial charge in [0.25, 0.3) is 10.0 Å². The molecule has 0 heterocycles. The molecule has 0 atom stereocenters. The van der Waals surface area contributed by atoms with Crippen LogP contribution in [0.5, 0.6) is 11.5 Å². The van der Waals surface area contributed by atoms with E-state index in [0.29, 0.717) is 0 Å². The van der Waals surface area contributed by atoms with E-state index in [1.165, 1.54) is 20.3 Å². The first-order valence-corrected chi connectivity index (χ1v) is 9.13. The van der Waals surface area contributed by atoms with Crippen LogP contribution in [-0.2, 0) is 27.4 Å². The Labute approximate surface area is 158 Å². The Balaban J connectivity index is 2.47. The number of carbonyl (C=O) groups is 1. The highest BCUT2D eigenvalue weighted by atomic mass is 32.2. The molecule has 2 rings (SSSR count). The van der Waals surface area contributed by atoms with Gasteiger partial charge in [-0.25, -0.2) is 8.42 Å². The Morgan fingerprint density at radius 2 is 1.61 bits per heavy atom. The van der Waals surface area contributed by atoms with E-state index in [9.17, 15) is 26.4 Å². The van der Waals surface area contributed by atoms with Gasteiger partial charge in [-0.05, 0) is 35.9 Å². The van der Waals surface area contributed by atoms with Crippen LogP contribution in [0.1, 0.15) is 11.1 Å². The molecule has 0 saturated heterocycles. The number of methoxy groups -OCH3 is 2. The molecule has 28 heavy (non-hydrogen) atoms. The SMILES string of the molecule is COc1cc(CC(=O)O)c(S(=O)(=O)Nc2ccc(C(F)(F)F)cc2)cc1OC. The lowest BCUT2D eigenvalue weighted by molar-refractivity contribution is -0.138. The van der Waals surface area contributed by atoms with Crippen LogP contribution in [0, 0.1) is 0 Å². The van der Waals surface area contributed by atoms with Gasteiger partial charge in [-0.1, -0.05) is 0 Å². The zero-order valence-corrected chi connectivity index (χ0v) is 15.5. The summed E-state index contributed by atoms with van der Waals surface area (Å²) >= 11 is 0. The molecule has 0 saturated carbocycles. The number of nitrogens with one attached hydrogen (secondary N) is 1. The lowest BCUT2D eigenvalue weighted by atomic mass is 10.1. The average molecular weight is 419 g/mol. The number of carboxylic acid groups (broad SMARTS) is 1. The molecule has 11 heteroatoms. The van der Waals surface area contributed by atoms with Gasteiger partial charge in [0.05, 0.1) is 31.1 Å². The highest BCUT2D eigenvalue weighted by molar-refractivity contribution is 7.92. The van der Waals surface area contributed by atoms with Crippen LogP contribution < -0.4 is 14.2 Å². The van der Waals surface area contributed by atoms with E-state index in [4.69, 9.17) is 14.6 Å². The summed E-state index contributed by atoms with van der Waals surface area (Å²) in [6.45, 7) is 0. The van der Waals surface area contributed by atoms with E-state index < -0.39 is 39.0 Å². The van der Waals surface area contributed by atoms with Gasteiger partial charge >= 0.3 is 12.1 Å². The molecule has 0 radical (unpaired) electrons. The van der Waals surface area contributed by atoms with E-state index in [2.05, 4.69) is 4.72 Å². The van der Waals surface area contributed by atoms with Crippen molar-refractivity contribution in [3.63, 3.8) is 0 Å². The normalized spacial score (nSPS) is 11.8. The Morgan fingerprint density at radius 1 is 1.07 bits per heavy atom. The third-order valence-corrected chi connectivity index (χ3v) is 5.13. The summed E-state index contributed by atoms with van der Waals surface area (Å²) in [5, 5.41) is 9.05. The number of carboxylic acids is 1. The van der Waals surface area contributed by atoms with E-state index >= 15 is 0 Å². The number of ether oxygens (including phenoxy) is 2. The molecule has 2 aromatic rings. The quantitative estimate of drug-likeness (QED) is 0.715. The fourth-order valence-electron chi connectivity index (χ4n) is 2.39. The van der Waals surface area contributed by atoms with Gasteiger partial charge in [0.15, 0.2) is 11.5 Å². The van der Waals surface area contributed by atoms with Gasteiger partial charge in [-0.3, -0.25) is 9.52 Å². The van der Waals surface area contributed by atoms with Crippen molar-refractivity contribution < 1.29 is 41.0 Å². The molecule has 0 bridgehead atoms. The zero-order chi connectivity index (χ0) is 21.1. The van der Waals surface area contributed by atoms with Crippen LogP contribution in [0.4, 0.5) is 18.9 Å². The lowest BCUT2D eigenvalue weighted by Crippen LogP contribution is -2.17. The smallest absolute Gasteiger partial charge is 0.416 e. The minimum absolute atomic E-state index is 0.0458. The first-order valence-electron chi connectivity index (χ1n) is 7.64. The second-order valence-electron chi connectivity index (χ2n) is 5.57. The highest BCUT2D eigenvalue weighted by Gasteiger charge is 2.30. The molecule has 0 spiro atoms. The topological polar surface area (TPSA) is 102 Å².